The van der Waals surface area contributed by atoms with E-state index in [2.05, 4.69) is 20.6 Å². The van der Waals surface area contributed by atoms with Gasteiger partial charge in [-0.2, -0.15) is 13.2 Å². The standard InChI is InChI=1S/C23H21F3N4O4/c1-33-22(32)14-7-8-15(11-14)28-17-10-9-16(12-27-17)29-20(31)18-19(23(24,25)26)34-21(30-18)13-5-3-2-4-6-13/h2-6,9-10,12,14-15H,7-8,11H2,1H3,(H,27,28)(H,29,31)/t14-,15+/m1/s1. The first-order valence-corrected chi connectivity index (χ1v) is 10.5. The Morgan fingerprint density at radius 2 is 1.88 bits per heavy atom. The number of methoxy groups -OCH3 is 1. The van der Waals surface area contributed by atoms with Crippen molar-refractivity contribution in [1.82, 2.24) is 9.97 Å². The molecule has 178 valence electrons. The fraction of sp³-hybridized carbons (Fsp3) is 0.304. The Hall–Kier alpha value is -3.89. The number of oxazole rings is 1. The number of nitrogens with one attached hydrogen (secondary N) is 2. The van der Waals surface area contributed by atoms with Gasteiger partial charge < -0.3 is 19.8 Å². The van der Waals surface area contributed by atoms with E-state index < -0.39 is 23.5 Å². The van der Waals surface area contributed by atoms with Crippen molar-refractivity contribution in [2.24, 2.45) is 5.92 Å². The molecule has 1 aromatic carbocycles. The first kappa shape index (κ1) is 23.3. The average Bonchev–Trinajstić information content (AvgIpc) is 3.48. The molecule has 0 bridgehead atoms. The van der Waals surface area contributed by atoms with Crippen molar-refractivity contribution in [1.29, 1.82) is 0 Å². The number of halogens is 3. The molecule has 0 spiro atoms. The van der Waals surface area contributed by atoms with Crippen molar-refractivity contribution >= 4 is 23.4 Å². The lowest BCUT2D eigenvalue weighted by Gasteiger charge is -2.14. The van der Waals surface area contributed by atoms with Gasteiger partial charge in [-0.05, 0) is 43.5 Å². The van der Waals surface area contributed by atoms with E-state index in [9.17, 15) is 22.8 Å². The topological polar surface area (TPSA) is 106 Å². The highest BCUT2D eigenvalue weighted by molar-refractivity contribution is 6.04. The number of hydrogen-bond acceptors (Lipinski definition) is 7. The number of hydrogen-bond donors (Lipinski definition) is 2. The molecule has 1 aliphatic carbocycles. The maximum Gasteiger partial charge on any atom is 0.452 e. The Morgan fingerprint density at radius 3 is 2.53 bits per heavy atom. The average molecular weight is 474 g/mol. The van der Waals surface area contributed by atoms with Gasteiger partial charge in [-0.1, -0.05) is 18.2 Å². The molecule has 0 aliphatic heterocycles. The summed E-state index contributed by atoms with van der Waals surface area (Å²) in [6.45, 7) is 0. The SMILES string of the molecule is COC(=O)[C@@H]1CC[C@H](Nc2ccc(NC(=O)c3nc(-c4ccccc4)oc3C(F)(F)F)cn2)C1. The Kier molecular flexibility index (Phi) is 6.53. The summed E-state index contributed by atoms with van der Waals surface area (Å²) < 4.78 is 50.0. The summed E-state index contributed by atoms with van der Waals surface area (Å²) >= 11 is 0. The van der Waals surface area contributed by atoms with Gasteiger partial charge in [-0.25, -0.2) is 9.97 Å². The van der Waals surface area contributed by atoms with Crippen LogP contribution in [-0.2, 0) is 15.7 Å². The summed E-state index contributed by atoms with van der Waals surface area (Å²) in [5.41, 5.74) is -0.370. The second-order valence-corrected chi connectivity index (χ2v) is 7.82. The van der Waals surface area contributed by atoms with E-state index in [-0.39, 0.29) is 29.5 Å². The minimum Gasteiger partial charge on any atom is -0.469 e. The molecule has 11 heteroatoms. The molecule has 8 nitrogen and oxygen atoms in total. The number of carbonyl (C=O) groups excluding carboxylic acids is 2. The van der Waals surface area contributed by atoms with Gasteiger partial charge in [0.2, 0.25) is 11.7 Å². The normalized spacial score (nSPS) is 17.9. The Balaban J connectivity index is 1.45. The smallest absolute Gasteiger partial charge is 0.452 e. The lowest BCUT2D eigenvalue weighted by molar-refractivity contribution is -0.153. The number of ether oxygens (including phenoxy) is 1. The molecule has 4 rings (SSSR count). The molecule has 34 heavy (non-hydrogen) atoms. The largest absolute Gasteiger partial charge is 0.469 e. The van der Waals surface area contributed by atoms with E-state index in [0.717, 1.165) is 6.42 Å². The maximum absolute atomic E-state index is 13.5. The first-order valence-electron chi connectivity index (χ1n) is 10.5. The van der Waals surface area contributed by atoms with Crippen molar-refractivity contribution in [2.45, 2.75) is 31.5 Å². The third-order valence-electron chi connectivity index (χ3n) is 5.46. The number of alkyl halides is 3. The van der Waals surface area contributed by atoms with E-state index >= 15 is 0 Å². The number of nitrogens with zero attached hydrogens (tertiary/aromatic N) is 2. The molecule has 0 radical (unpaired) electrons. The second-order valence-electron chi connectivity index (χ2n) is 7.82. The summed E-state index contributed by atoms with van der Waals surface area (Å²) in [6, 6.07) is 11.1. The number of pyridine rings is 1. The number of esters is 1. The lowest BCUT2D eigenvalue weighted by Crippen LogP contribution is -2.20. The van der Waals surface area contributed by atoms with Crippen LogP contribution in [0.15, 0.2) is 53.1 Å². The number of amides is 1. The van der Waals surface area contributed by atoms with Gasteiger partial charge in [0.1, 0.15) is 5.82 Å². The van der Waals surface area contributed by atoms with Gasteiger partial charge in [0, 0.05) is 11.6 Å². The fourth-order valence-electron chi connectivity index (χ4n) is 3.82. The second kappa shape index (κ2) is 9.54. The van der Waals surface area contributed by atoms with E-state index in [1.54, 1.807) is 24.3 Å². The summed E-state index contributed by atoms with van der Waals surface area (Å²) in [6.07, 6.45) is -1.48. The molecular formula is C23H21F3N4O4. The number of benzene rings is 1. The molecule has 1 saturated carbocycles. The van der Waals surface area contributed by atoms with Crippen molar-refractivity contribution in [3.05, 3.63) is 60.1 Å². The minimum absolute atomic E-state index is 0.0397. The Labute approximate surface area is 192 Å². The van der Waals surface area contributed by atoms with Gasteiger partial charge in [0.15, 0.2) is 5.69 Å². The molecule has 1 fully saturated rings. The summed E-state index contributed by atoms with van der Waals surface area (Å²) in [7, 11) is 1.36. The monoisotopic (exact) mass is 474 g/mol. The molecular weight excluding hydrogens is 453 g/mol. The lowest BCUT2D eigenvalue weighted by atomic mass is 10.1. The third kappa shape index (κ3) is 5.19. The van der Waals surface area contributed by atoms with Crippen LogP contribution in [0.25, 0.3) is 11.5 Å². The Morgan fingerprint density at radius 1 is 1.12 bits per heavy atom. The van der Waals surface area contributed by atoms with Gasteiger partial charge in [-0.3, -0.25) is 9.59 Å². The highest BCUT2D eigenvalue weighted by Gasteiger charge is 2.42. The van der Waals surface area contributed by atoms with Crippen LogP contribution in [0, 0.1) is 5.92 Å². The van der Waals surface area contributed by atoms with E-state index in [4.69, 9.17) is 9.15 Å². The summed E-state index contributed by atoms with van der Waals surface area (Å²) in [4.78, 5) is 32.2. The molecule has 2 atom stereocenters. The predicted molar refractivity (Wildman–Crippen MR) is 116 cm³/mol. The molecule has 2 N–H and O–H groups in total. The molecule has 2 aromatic heterocycles. The summed E-state index contributed by atoms with van der Waals surface area (Å²) in [5, 5.41) is 5.58. The molecule has 1 aliphatic rings. The van der Waals surface area contributed by atoms with Crippen molar-refractivity contribution < 1.29 is 31.9 Å². The third-order valence-corrected chi connectivity index (χ3v) is 5.46. The molecule has 0 unspecified atom stereocenters. The van der Waals surface area contributed by atoms with Crippen molar-refractivity contribution in [3.8, 4) is 11.5 Å². The first-order chi connectivity index (χ1) is 16.2. The predicted octanol–water partition coefficient (Wildman–Crippen LogP) is 4.76. The zero-order chi connectivity index (χ0) is 24.3. The van der Waals surface area contributed by atoms with E-state index in [0.29, 0.717) is 24.2 Å². The molecule has 2 heterocycles. The van der Waals surface area contributed by atoms with Crippen LogP contribution >= 0.6 is 0 Å². The van der Waals surface area contributed by atoms with Crippen LogP contribution in [0.5, 0.6) is 0 Å². The van der Waals surface area contributed by atoms with Crippen LogP contribution in [-0.4, -0.2) is 35.0 Å². The maximum atomic E-state index is 13.5. The van der Waals surface area contributed by atoms with E-state index in [1.807, 2.05) is 0 Å². The van der Waals surface area contributed by atoms with Crippen molar-refractivity contribution in [3.63, 3.8) is 0 Å². The van der Waals surface area contributed by atoms with Gasteiger partial charge in [-0.15, -0.1) is 0 Å². The van der Waals surface area contributed by atoms with Crippen LogP contribution in [0.4, 0.5) is 24.7 Å². The number of rotatable bonds is 6. The highest BCUT2D eigenvalue weighted by Crippen LogP contribution is 2.35. The molecule has 1 amide bonds. The molecule has 3 aromatic rings. The fourth-order valence-corrected chi connectivity index (χ4v) is 3.82. The highest BCUT2D eigenvalue weighted by atomic mass is 19.4. The minimum atomic E-state index is -4.90. The number of carbonyl (C=O) groups is 2. The van der Waals surface area contributed by atoms with Gasteiger partial charge in [0.05, 0.1) is 24.9 Å². The number of aromatic nitrogens is 2. The zero-order valence-electron chi connectivity index (χ0n) is 18.1. The Bertz CT molecular complexity index is 1160. The molecule has 0 saturated heterocycles. The van der Waals surface area contributed by atoms with E-state index in [1.165, 1.54) is 31.5 Å². The van der Waals surface area contributed by atoms with Crippen LogP contribution in [0.2, 0.25) is 0 Å². The zero-order valence-corrected chi connectivity index (χ0v) is 18.1. The van der Waals surface area contributed by atoms with Crippen LogP contribution < -0.4 is 10.6 Å². The van der Waals surface area contributed by atoms with Crippen molar-refractivity contribution in [2.75, 3.05) is 17.7 Å². The van der Waals surface area contributed by atoms with Crippen LogP contribution in [0.1, 0.15) is 35.5 Å². The van der Waals surface area contributed by atoms with Crippen LogP contribution in [0.3, 0.4) is 0 Å². The summed E-state index contributed by atoms with van der Waals surface area (Å²) in [5.74, 6) is -2.74. The number of anilines is 2. The quantitative estimate of drug-likeness (QED) is 0.496. The van der Waals surface area contributed by atoms with Gasteiger partial charge >= 0.3 is 12.1 Å². The van der Waals surface area contributed by atoms with Gasteiger partial charge in [0.25, 0.3) is 5.91 Å².